The molecule has 1 atom stereocenters. The number of benzene rings is 1. The normalized spacial score (nSPS) is 17.5. The molecule has 5 heteroatoms. The monoisotopic (exact) mass is 355 g/mol. The number of amides is 1. The number of nitrogens with zero attached hydrogens (tertiary/aromatic N) is 3. The zero-order valence-corrected chi connectivity index (χ0v) is 15.5. The van der Waals surface area contributed by atoms with Crippen LogP contribution in [-0.4, -0.2) is 54.4 Å². The van der Waals surface area contributed by atoms with Crippen LogP contribution in [0.25, 0.3) is 0 Å². The molecule has 1 amide bonds. The van der Waals surface area contributed by atoms with Crippen molar-refractivity contribution in [3.05, 3.63) is 65.2 Å². The molecule has 1 aliphatic rings. The summed E-state index contributed by atoms with van der Waals surface area (Å²) in [6, 6.07) is 12.8. The van der Waals surface area contributed by atoms with Gasteiger partial charge in [-0.25, -0.2) is 4.39 Å². The lowest BCUT2D eigenvalue weighted by molar-refractivity contribution is -0.133. The lowest BCUT2D eigenvalue weighted by Gasteiger charge is -2.33. The minimum atomic E-state index is -0.196. The maximum Gasteiger partial charge on any atom is 0.236 e. The molecule has 0 saturated carbocycles. The van der Waals surface area contributed by atoms with Gasteiger partial charge < -0.3 is 9.80 Å². The molecule has 1 aromatic carbocycles. The summed E-state index contributed by atoms with van der Waals surface area (Å²) in [5.41, 5.74) is 2.52. The van der Waals surface area contributed by atoms with Gasteiger partial charge in [0.05, 0.1) is 6.54 Å². The summed E-state index contributed by atoms with van der Waals surface area (Å²) in [6.07, 6.45) is 2.50. The topological polar surface area (TPSA) is 36.4 Å². The van der Waals surface area contributed by atoms with E-state index in [9.17, 15) is 9.18 Å². The number of likely N-dealkylation sites (N-methyl/N-ethyl adjacent to an activating group) is 1. The first kappa shape index (κ1) is 18.5. The minimum absolute atomic E-state index is 0.169. The van der Waals surface area contributed by atoms with Gasteiger partial charge in [-0.15, -0.1) is 0 Å². The maximum atomic E-state index is 13.9. The minimum Gasteiger partial charge on any atom is -0.341 e. The number of rotatable bonds is 5. The molecule has 2 aromatic rings. The Morgan fingerprint density at radius 2 is 2.04 bits per heavy atom. The molecular weight excluding hydrogens is 329 g/mol. The second-order valence-electron chi connectivity index (χ2n) is 7.24. The van der Waals surface area contributed by atoms with E-state index < -0.39 is 0 Å². The van der Waals surface area contributed by atoms with E-state index in [1.54, 1.807) is 12.1 Å². The van der Waals surface area contributed by atoms with Gasteiger partial charge in [-0.05, 0) is 50.7 Å². The molecule has 1 saturated heterocycles. The first-order valence-electron chi connectivity index (χ1n) is 9.14. The number of hydrogen-bond acceptors (Lipinski definition) is 3. The quantitative estimate of drug-likeness (QED) is 0.827. The summed E-state index contributed by atoms with van der Waals surface area (Å²) in [7, 11) is 3.82. The van der Waals surface area contributed by atoms with Crippen LogP contribution in [0.4, 0.5) is 4.39 Å². The molecule has 26 heavy (non-hydrogen) atoms. The molecule has 0 radical (unpaired) electrons. The van der Waals surface area contributed by atoms with Gasteiger partial charge in [-0.2, -0.15) is 0 Å². The highest BCUT2D eigenvalue weighted by Crippen LogP contribution is 2.26. The average Bonchev–Trinajstić information content (AvgIpc) is 2.63. The maximum absolute atomic E-state index is 13.9. The van der Waals surface area contributed by atoms with E-state index in [0.717, 1.165) is 30.8 Å². The Labute approximate surface area is 154 Å². The largest absolute Gasteiger partial charge is 0.341 e. The average molecular weight is 355 g/mol. The third-order valence-corrected chi connectivity index (χ3v) is 4.80. The molecule has 138 valence electrons. The second-order valence-corrected chi connectivity index (χ2v) is 7.24. The van der Waals surface area contributed by atoms with Gasteiger partial charge >= 0.3 is 0 Å². The van der Waals surface area contributed by atoms with Crippen molar-refractivity contribution in [2.24, 2.45) is 0 Å². The molecule has 0 aliphatic carbocycles. The highest BCUT2D eigenvalue weighted by Gasteiger charge is 2.25. The number of likely N-dealkylation sites (tertiary alicyclic amines) is 1. The Balaban J connectivity index is 1.71. The molecule has 3 rings (SSSR count). The first-order chi connectivity index (χ1) is 12.5. The molecule has 0 N–H and O–H groups in total. The molecule has 2 heterocycles. The lowest BCUT2D eigenvalue weighted by atomic mass is 9.93. The molecule has 1 aliphatic heterocycles. The molecule has 1 fully saturated rings. The van der Waals surface area contributed by atoms with Gasteiger partial charge in [-0.1, -0.05) is 24.3 Å². The highest BCUT2D eigenvalue weighted by atomic mass is 19.1. The number of hydrogen-bond donors (Lipinski definition) is 0. The van der Waals surface area contributed by atoms with E-state index >= 15 is 0 Å². The van der Waals surface area contributed by atoms with Gasteiger partial charge in [0.15, 0.2) is 0 Å². The van der Waals surface area contributed by atoms with Crippen LogP contribution < -0.4 is 0 Å². The lowest BCUT2D eigenvalue weighted by Crippen LogP contribution is -2.43. The predicted molar refractivity (Wildman–Crippen MR) is 101 cm³/mol. The summed E-state index contributed by atoms with van der Waals surface area (Å²) in [4.78, 5) is 21.0. The van der Waals surface area contributed by atoms with Gasteiger partial charge in [0.2, 0.25) is 5.91 Å². The fourth-order valence-electron chi connectivity index (χ4n) is 3.48. The fourth-order valence-corrected chi connectivity index (χ4v) is 3.48. The highest BCUT2D eigenvalue weighted by molar-refractivity contribution is 5.78. The van der Waals surface area contributed by atoms with E-state index in [1.807, 2.05) is 48.2 Å². The van der Waals surface area contributed by atoms with Crippen molar-refractivity contribution in [2.45, 2.75) is 25.2 Å². The Morgan fingerprint density at radius 3 is 2.81 bits per heavy atom. The summed E-state index contributed by atoms with van der Waals surface area (Å²) in [5, 5.41) is 0. The zero-order chi connectivity index (χ0) is 18.5. The van der Waals surface area contributed by atoms with Crippen LogP contribution in [0.15, 0.2) is 42.5 Å². The van der Waals surface area contributed by atoms with Crippen molar-refractivity contribution in [1.29, 1.82) is 0 Å². The number of pyridine rings is 1. The molecule has 4 nitrogen and oxygen atoms in total. The van der Waals surface area contributed by atoms with E-state index in [2.05, 4.69) is 0 Å². The number of halogens is 1. The Hall–Kier alpha value is -2.27. The molecular formula is C21H26FN3O. The van der Waals surface area contributed by atoms with Gasteiger partial charge in [-0.3, -0.25) is 9.78 Å². The molecule has 1 aromatic heterocycles. The van der Waals surface area contributed by atoms with E-state index in [4.69, 9.17) is 4.98 Å². The van der Waals surface area contributed by atoms with Crippen LogP contribution in [0.3, 0.4) is 0 Å². The van der Waals surface area contributed by atoms with E-state index in [-0.39, 0.29) is 17.6 Å². The van der Waals surface area contributed by atoms with Crippen molar-refractivity contribution in [1.82, 2.24) is 14.8 Å². The van der Waals surface area contributed by atoms with Crippen LogP contribution in [0, 0.1) is 5.82 Å². The number of piperidine rings is 1. The summed E-state index contributed by atoms with van der Waals surface area (Å²) >= 11 is 0. The number of aromatic nitrogens is 1. The fraction of sp³-hybridized carbons (Fsp3) is 0.429. The zero-order valence-electron chi connectivity index (χ0n) is 15.5. The molecule has 0 bridgehead atoms. The third kappa shape index (κ3) is 4.67. The summed E-state index contributed by atoms with van der Waals surface area (Å²) in [6.45, 7) is 1.97. The van der Waals surface area contributed by atoms with Gasteiger partial charge in [0.1, 0.15) is 5.82 Å². The Bertz CT molecular complexity index is 762. The Morgan fingerprint density at radius 1 is 1.23 bits per heavy atom. The summed E-state index contributed by atoms with van der Waals surface area (Å²) in [5.74, 6) is 0.218. The van der Waals surface area contributed by atoms with Crippen molar-refractivity contribution < 1.29 is 9.18 Å². The predicted octanol–water partition coefficient (Wildman–Crippen LogP) is 3.08. The van der Waals surface area contributed by atoms with Crippen molar-refractivity contribution in [2.75, 3.05) is 33.7 Å². The second kappa shape index (κ2) is 8.41. The van der Waals surface area contributed by atoms with Crippen molar-refractivity contribution in [3.8, 4) is 0 Å². The number of carbonyl (C=O) groups is 1. The van der Waals surface area contributed by atoms with Gasteiger partial charge in [0, 0.05) is 36.8 Å². The number of carbonyl (C=O) groups excluding carboxylic acids is 1. The van der Waals surface area contributed by atoms with Crippen molar-refractivity contribution >= 4 is 5.91 Å². The van der Waals surface area contributed by atoms with Crippen molar-refractivity contribution in [3.63, 3.8) is 0 Å². The van der Waals surface area contributed by atoms with Crippen LogP contribution in [0.2, 0.25) is 0 Å². The smallest absolute Gasteiger partial charge is 0.236 e. The van der Waals surface area contributed by atoms with E-state index in [1.165, 1.54) is 6.07 Å². The first-order valence-corrected chi connectivity index (χ1v) is 9.14. The van der Waals surface area contributed by atoms with Crippen LogP contribution in [0.5, 0.6) is 0 Å². The standard InChI is InChI=1S/C21H26FN3O/c1-24(2)15-21(26)25-12-6-8-17(14-25)20-11-5-9-18(23-20)13-16-7-3-4-10-19(16)22/h3-5,7,9-11,17H,6,8,12-15H2,1-2H3/t17-/m1/s1. The molecule has 0 spiro atoms. The van der Waals surface area contributed by atoms with Crippen LogP contribution >= 0.6 is 0 Å². The third-order valence-electron chi connectivity index (χ3n) is 4.80. The van der Waals surface area contributed by atoms with Crippen LogP contribution in [0.1, 0.15) is 35.7 Å². The van der Waals surface area contributed by atoms with E-state index in [0.29, 0.717) is 25.1 Å². The van der Waals surface area contributed by atoms with Crippen LogP contribution in [-0.2, 0) is 11.2 Å². The molecule has 0 unspecified atom stereocenters. The van der Waals surface area contributed by atoms with Gasteiger partial charge in [0.25, 0.3) is 0 Å². The Kier molecular flexibility index (Phi) is 5.99. The summed E-state index contributed by atoms with van der Waals surface area (Å²) < 4.78 is 13.9. The SMILES string of the molecule is CN(C)CC(=O)N1CCC[C@@H](c2cccc(Cc3ccccc3F)n2)C1.